The quantitative estimate of drug-likeness (QED) is 0.730. The number of hydrogen-bond donors (Lipinski definition) is 2. The number of aryl methyl sites for hydroxylation is 1. The number of carbonyl (C=O) groups is 1. The first-order valence-corrected chi connectivity index (χ1v) is 7.68. The summed E-state index contributed by atoms with van der Waals surface area (Å²) < 4.78 is 5.40. The van der Waals surface area contributed by atoms with Crippen molar-refractivity contribution >= 4 is 22.5 Å². The number of nitrogens with zero attached hydrogens (tertiary/aromatic N) is 1. The van der Waals surface area contributed by atoms with Crippen molar-refractivity contribution in [1.29, 1.82) is 0 Å². The molecule has 0 aliphatic rings. The van der Waals surface area contributed by atoms with Gasteiger partial charge in [-0.15, -0.1) is 0 Å². The van der Waals surface area contributed by atoms with Gasteiger partial charge in [0.25, 0.3) is 5.91 Å². The van der Waals surface area contributed by atoms with Crippen molar-refractivity contribution in [3.05, 3.63) is 59.7 Å². The van der Waals surface area contributed by atoms with Crippen LogP contribution >= 0.6 is 0 Å². The van der Waals surface area contributed by atoms with E-state index in [0.29, 0.717) is 12.3 Å². The Morgan fingerprint density at radius 2 is 2.09 bits per heavy atom. The lowest BCUT2D eigenvalue weighted by atomic mass is 10.1. The predicted octanol–water partition coefficient (Wildman–Crippen LogP) is 3.49. The number of para-hydroxylation sites is 1. The molecule has 0 bridgehead atoms. The van der Waals surface area contributed by atoms with Crippen LogP contribution in [-0.2, 0) is 13.0 Å². The summed E-state index contributed by atoms with van der Waals surface area (Å²) in [4.78, 5) is 15.8. The molecular formula is C18H19N3O2. The Morgan fingerprint density at radius 3 is 2.83 bits per heavy atom. The number of amides is 1. The van der Waals surface area contributed by atoms with Crippen LogP contribution in [0.15, 0.2) is 46.9 Å². The molecule has 3 N–H and O–H groups in total. The number of fused-ring (bicyclic) bond motifs is 1. The molecule has 1 amide bonds. The van der Waals surface area contributed by atoms with Gasteiger partial charge >= 0.3 is 0 Å². The fraction of sp³-hybridized carbons (Fsp3) is 0.222. The van der Waals surface area contributed by atoms with Gasteiger partial charge in [-0.2, -0.15) is 0 Å². The molecule has 0 radical (unpaired) electrons. The first kappa shape index (κ1) is 15.1. The second-order valence-electron chi connectivity index (χ2n) is 5.41. The Kier molecular flexibility index (Phi) is 4.28. The third-order valence-corrected chi connectivity index (χ3v) is 3.63. The molecule has 0 fully saturated rings. The van der Waals surface area contributed by atoms with Crippen LogP contribution in [0.4, 0.5) is 5.69 Å². The molecule has 1 aromatic carbocycles. The van der Waals surface area contributed by atoms with Gasteiger partial charge in [0.15, 0.2) is 5.76 Å². The number of nitrogens with one attached hydrogen (secondary N) is 1. The summed E-state index contributed by atoms with van der Waals surface area (Å²) in [7, 11) is 0. The molecule has 3 aromatic rings. The summed E-state index contributed by atoms with van der Waals surface area (Å²) in [6.45, 7) is 2.62. The molecule has 2 heterocycles. The second-order valence-corrected chi connectivity index (χ2v) is 5.41. The van der Waals surface area contributed by atoms with Gasteiger partial charge in [-0.05, 0) is 30.7 Å². The van der Waals surface area contributed by atoms with Gasteiger partial charge < -0.3 is 15.5 Å². The molecule has 0 spiro atoms. The Hall–Kier alpha value is -2.82. The lowest BCUT2D eigenvalue weighted by Crippen LogP contribution is -2.09. The highest BCUT2D eigenvalue weighted by molar-refractivity contribution is 5.91. The van der Waals surface area contributed by atoms with E-state index in [-0.39, 0.29) is 5.76 Å². The Labute approximate surface area is 134 Å². The predicted molar refractivity (Wildman–Crippen MR) is 90.3 cm³/mol. The van der Waals surface area contributed by atoms with E-state index in [9.17, 15) is 4.79 Å². The highest BCUT2D eigenvalue weighted by Crippen LogP contribution is 2.24. The monoisotopic (exact) mass is 309 g/mol. The maximum Gasteiger partial charge on any atom is 0.284 e. The smallest absolute Gasteiger partial charge is 0.284 e. The third kappa shape index (κ3) is 3.34. The number of benzene rings is 1. The summed E-state index contributed by atoms with van der Waals surface area (Å²) in [6, 6.07) is 13.4. The average molecular weight is 309 g/mol. The van der Waals surface area contributed by atoms with Crippen molar-refractivity contribution in [3.63, 3.8) is 0 Å². The van der Waals surface area contributed by atoms with Crippen LogP contribution in [0.2, 0.25) is 0 Å². The fourth-order valence-corrected chi connectivity index (χ4v) is 2.55. The molecule has 0 unspecified atom stereocenters. The number of aromatic nitrogens is 1. The molecule has 118 valence electrons. The van der Waals surface area contributed by atoms with E-state index in [2.05, 4.69) is 23.3 Å². The van der Waals surface area contributed by atoms with Gasteiger partial charge in [-0.25, -0.2) is 0 Å². The van der Waals surface area contributed by atoms with Crippen LogP contribution < -0.4 is 11.1 Å². The van der Waals surface area contributed by atoms with Gasteiger partial charge in [0.1, 0.15) is 5.76 Å². The number of rotatable bonds is 6. The minimum absolute atomic E-state index is 0.174. The molecule has 0 aliphatic heterocycles. The summed E-state index contributed by atoms with van der Waals surface area (Å²) in [5.41, 5.74) is 8.24. The first-order chi connectivity index (χ1) is 11.2. The molecule has 23 heavy (non-hydrogen) atoms. The molecule has 0 aliphatic carbocycles. The van der Waals surface area contributed by atoms with Gasteiger partial charge in [-0.1, -0.05) is 31.5 Å². The highest BCUT2D eigenvalue weighted by atomic mass is 16.3. The van der Waals surface area contributed by atoms with E-state index < -0.39 is 5.91 Å². The standard InChI is InChI=1S/C18H19N3O2/c1-2-5-12-10-16(14-6-3-4-7-15(14)21-12)20-11-13-8-9-17(23-13)18(19)22/h3-4,6-10H,2,5,11H2,1H3,(H2,19,22)(H,20,21). The molecular weight excluding hydrogens is 290 g/mol. The zero-order valence-corrected chi connectivity index (χ0v) is 13.0. The number of anilines is 1. The van der Waals surface area contributed by atoms with Crippen LogP contribution in [0.1, 0.15) is 35.4 Å². The minimum atomic E-state index is -0.559. The maximum absolute atomic E-state index is 11.1. The number of nitrogens with two attached hydrogens (primary N) is 1. The lowest BCUT2D eigenvalue weighted by molar-refractivity contribution is 0.0972. The molecule has 2 aromatic heterocycles. The topological polar surface area (TPSA) is 81.1 Å². The molecule has 0 atom stereocenters. The van der Waals surface area contributed by atoms with E-state index in [1.54, 1.807) is 12.1 Å². The summed E-state index contributed by atoms with van der Waals surface area (Å²) in [5, 5.41) is 4.43. The van der Waals surface area contributed by atoms with Gasteiger partial charge in [0.05, 0.1) is 12.1 Å². The Bertz CT molecular complexity index is 839. The van der Waals surface area contributed by atoms with Crippen molar-refractivity contribution in [2.24, 2.45) is 5.73 Å². The average Bonchev–Trinajstić information content (AvgIpc) is 3.02. The number of primary amides is 1. The second kappa shape index (κ2) is 6.52. The zero-order valence-electron chi connectivity index (χ0n) is 13.0. The number of carbonyl (C=O) groups excluding carboxylic acids is 1. The largest absolute Gasteiger partial charge is 0.454 e. The lowest BCUT2D eigenvalue weighted by Gasteiger charge is -2.11. The summed E-state index contributed by atoms with van der Waals surface area (Å²) in [5.74, 6) is 0.278. The molecule has 0 saturated carbocycles. The molecule has 5 nitrogen and oxygen atoms in total. The number of hydrogen-bond acceptors (Lipinski definition) is 4. The van der Waals surface area contributed by atoms with Crippen molar-refractivity contribution in [2.75, 3.05) is 5.32 Å². The molecule has 0 saturated heterocycles. The van der Waals surface area contributed by atoms with E-state index in [1.807, 2.05) is 24.3 Å². The highest BCUT2D eigenvalue weighted by Gasteiger charge is 2.09. The number of furan rings is 1. The van der Waals surface area contributed by atoms with Crippen molar-refractivity contribution in [1.82, 2.24) is 4.98 Å². The summed E-state index contributed by atoms with van der Waals surface area (Å²) in [6.07, 6.45) is 1.98. The fourth-order valence-electron chi connectivity index (χ4n) is 2.55. The Morgan fingerprint density at radius 1 is 1.26 bits per heavy atom. The molecule has 5 heteroatoms. The first-order valence-electron chi connectivity index (χ1n) is 7.68. The van der Waals surface area contributed by atoms with Gasteiger partial charge in [0.2, 0.25) is 0 Å². The number of pyridine rings is 1. The van der Waals surface area contributed by atoms with Crippen LogP contribution in [0, 0.1) is 0 Å². The third-order valence-electron chi connectivity index (χ3n) is 3.63. The zero-order chi connectivity index (χ0) is 16.2. The SMILES string of the molecule is CCCc1cc(NCc2ccc(C(N)=O)o2)c2ccccc2n1. The van der Waals surface area contributed by atoms with E-state index in [1.165, 1.54) is 0 Å². The van der Waals surface area contributed by atoms with Gasteiger partial charge in [-0.3, -0.25) is 9.78 Å². The van der Waals surface area contributed by atoms with Gasteiger partial charge in [0, 0.05) is 16.8 Å². The normalized spacial score (nSPS) is 10.8. The van der Waals surface area contributed by atoms with E-state index in [4.69, 9.17) is 10.2 Å². The van der Waals surface area contributed by atoms with Crippen LogP contribution in [-0.4, -0.2) is 10.9 Å². The Balaban J connectivity index is 1.87. The van der Waals surface area contributed by atoms with Crippen LogP contribution in [0.3, 0.4) is 0 Å². The van der Waals surface area contributed by atoms with E-state index in [0.717, 1.165) is 35.1 Å². The summed E-state index contributed by atoms with van der Waals surface area (Å²) >= 11 is 0. The van der Waals surface area contributed by atoms with E-state index >= 15 is 0 Å². The van der Waals surface area contributed by atoms with Crippen molar-refractivity contribution < 1.29 is 9.21 Å². The van der Waals surface area contributed by atoms with Crippen LogP contribution in [0.5, 0.6) is 0 Å². The van der Waals surface area contributed by atoms with Crippen molar-refractivity contribution in [3.8, 4) is 0 Å². The minimum Gasteiger partial charge on any atom is -0.454 e. The maximum atomic E-state index is 11.1. The van der Waals surface area contributed by atoms with Crippen LogP contribution in [0.25, 0.3) is 10.9 Å². The van der Waals surface area contributed by atoms with Crippen molar-refractivity contribution in [2.45, 2.75) is 26.3 Å². The molecule has 3 rings (SSSR count).